The van der Waals surface area contributed by atoms with Crippen molar-refractivity contribution in [1.82, 2.24) is 4.98 Å². The maximum atomic E-state index is 12.9. The van der Waals surface area contributed by atoms with Gasteiger partial charge in [0.15, 0.2) is 0 Å². The molecule has 2 N–H and O–H groups in total. The van der Waals surface area contributed by atoms with Gasteiger partial charge in [0.2, 0.25) is 5.13 Å². The third-order valence-electron chi connectivity index (χ3n) is 5.75. The maximum Gasteiger partial charge on any atom is 0.343 e. The van der Waals surface area contributed by atoms with Gasteiger partial charge in [-0.1, -0.05) is 23.5 Å². The van der Waals surface area contributed by atoms with Crippen molar-refractivity contribution in [2.75, 3.05) is 19.2 Å². The van der Waals surface area contributed by atoms with Gasteiger partial charge in [-0.25, -0.2) is 19.6 Å². The summed E-state index contributed by atoms with van der Waals surface area (Å²) < 4.78 is 17.4. The lowest BCUT2D eigenvalue weighted by Crippen LogP contribution is -2.12. The number of carbonyl (C=O) groups excluding carboxylic acids is 2. The van der Waals surface area contributed by atoms with E-state index < -0.39 is 11.9 Å². The quantitative estimate of drug-likeness (QED) is 0.0757. The Morgan fingerprint density at radius 3 is 2.14 bits per heavy atom. The summed E-state index contributed by atoms with van der Waals surface area (Å²) in [4.78, 5) is 38.4. The number of ether oxygens (including phenoxy) is 3. The molecule has 4 aromatic carbocycles. The lowest BCUT2D eigenvalue weighted by molar-refractivity contribution is -0.122. The van der Waals surface area contributed by atoms with Crippen LogP contribution < -0.4 is 19.2 Å². The van der Waals surface area contributed by atoms with Crippen LogP contribution in [0.3, 0.4) is 0 Å². The average Bonchev–Trinajstić information content (AvgIpc) is 3.46. The minimum absolute atomic E-state index is 0.0373. The fraction of sp³-hybridized carbons (Fsp3) is 0.0645. The van der Waals surface area contributed by atoms with Crippen molar-refractivity contribution in [3.63, 3.8) is 0 Å². The molecule has 1 heterocycles. The van der Waals surface area contributed by atoms with E-state index in [2.05, 4.69) is 10.1 Å². The number of thiazole rings is 1. The highest BCUT2D eigenvalue weighted by Gasteiger charge is 2.15. The van der Waals surface area contributed by atoms with Gasteiger partial charge in [-0.3, -0.25) is 4.79 Å². The fourth-order valence-electron chi connectivity index (χ4n) is 3.63. The monoisotopic (exact) mass is 599 g/mol. The van der Waals surface area contributed by atoms with E-state index in [1.54, 1.807) is 49.5 Å². The number of hydrogen-bond acceptors (Lipinski definition) is 11. The van der Waals surface area contributed by atoms with Crippen LogP contribution in [0.5, 0.6) is 23.0 Å². The second-order valence-electron chi connectivity index (χ2n) is 8.59. The summed E-state index contributed by atoms with van der Waals surface area (Å²) in [6.45, 7) is -0.250. The van der Waals surface area contributed by atoms with Crippen molar-refractivity contribution in [2.24, 2.45) is 5.10 Å². The number of para-hydroxylation sites is 1. The summed E-state index contributed by atoms with van der Waals surface area (Å²) in [7, 11) is 3.30. The zero-order valence-electron chi connectivity index (χ0n) is 22.9. The number of anilines is 1. The molecule has 0 radical (unpaired) electrons. The highest BCUT2D eigenvalue weighted by Crippen LogP contribution is 2.29. The SMILES string of the molecule is COc1ccc(C(=O)Oc2ccc(OC(=O)c3ccc(O)cc3)cc2/C=N/N(C)c2nc3ccccc3s2)cc1.O=CO. The van der Waals surface area contributed by atoms with E-state index in [1.165, 1.54) is 53.9 Å². The number of nitrogens with zero attached hydrogens (tertiary/aromatic N) is 3. The Labute approximate surface area is 249 Å². The van der Waals surface area contributed by atoms with E-state index in [9.17, 15) is 14.7 Å². The van der Waals surface area contributed by atoms with Crippen molar-refractivity contribution in [2.45, 2.75) is 0 Å². The van der Waals surface area contributed by atoms with Crippen LogP contribution in [0.4, 0.5) is 5.13 Å². The normalized spacial score (nSPS) is 10.5. The Bertz CT molecular complexity index is 1720. The van der Waals surface area contributed by atoms with Gasteiger partial charge in [-0.05, 0) is 78.9 Å². The Hall–Kier alpha value is -5.75. The molecule has 218 valence electrons. The van der Waals surface area contributed by atoms with E-state index in [0.717, 1.165) is 10.2 Å². The van der Waals surface area contributed by atoms with Crippen LogP contribution in [0, 0.1) is 0 Å². The fourth-order valence-corrected chi connectivity index (χ4v) is 4.51. The van der Waals surface area contributed by atoms with E-state index in [0.29, 0.717) is 22.0 Å². The molecule has 5 rings (SSSR count). The number of benzene rings is 4. The van der Waals surface area contributed by atoms with Crippen LogP contribution in [0.2, 0.25) is 0 Å². The van der Waals surface area contributed by atoms with E-state index in [1.807, 2.05) is 24.3 Å². The lowest BCUT2D eigenvalue weighted by atomic mass is 10.2. The van der Waals surface area contributed by atoms with Gasteiger partial charge in [0.05, 0.1) is 34.7 Å². The molecule has 0 atom stereocenters. The first-order valence-electron chi connectivity index (χ1n) is 12.5. The molecule has 12 heteroatoms. The van der Waals surface area contributed by atoms with E-state index in [4.69, 9.17) is 24.1 Å². The van der Waals surface area contributed by atoms with Gasteiger partial charge in [-0.2, -0.15) is 5.10 Å². The Morgan fingerprint density at radius 1 is 0.884 bits per heavy atom. The molecular formula is C31H25N3O8S. The second kappa shape index (κ2) is 14.2. The number of methoxy groups -OCH3 is 1. The Morgan fingerprint density at radius 2 is 1.49 bits per heavy atom. The predicted molar refractivity (Wildman–Crippen MR) is 162 cm³/mol. The highest BCUT2D eigenvalue weighted by atomic mass is 32.1. The molecule has 0 aliphatic rings. The van der Waals surface area contributed by atoms with Crippen LogP contribution in [0.1, 0.15) is 26.3 Å². The largest absolute Gasteiger partial charge is 0.508 e. The van der Waals surface area contributed by atoms with Crippen LogP contribution in [0.15, 0.2) is 96.1 Å². The summed E-state index contributed by atoms with van der Waals surface area (Å²) >= 11 is 1.48. The molecular weight excluding hydrogens is 574 g/mol. The molecule has 0 spiro atoms. The topological polar surface area (TPSA) is 148 Å². The number of esters is 2. The van der Waals surface area contributed by atoms with Crippen molar-refractivity contribution in [1.29, 1.82) is 0 Å². The number of phenols is 1. The van der Waals surface area contributed by atoms with Crippen molar-refractivity contribution in [3.05, 3.63) is 108 Å². The molecule has 43 heavy (non-hydrogen) atoms. The molecule has 1 aromatic heterocycles. The molecule has 0 fully saturated rings. The average molecular weight is 600 g/mol. The molecule has 11 nitrogen and oxygen atoms in total. The zero-order chi connectivity index (χ0) is 30.8. The molecule has 0 saturated heterocycles. The standard InChI is InChI=1S/C30H23N3O6S.CH2O2/c1-33(30-32-25-5-3-4-6-27(25)40-30)31-18-21-17-24(38-28(35)19-7-11-22(34)12-8-19)15-16-26(21)39-29(36)20-9-13-23(37-2)14-10-20;2-1-3/h3-18,34H,1-2H3;1H,(H,2,3)/b31-18+;. The molecule has 0 aliphatic heterocycles. The third kappa shape index (κ3) is 7.93. The first-order chi connectivity index (χ1) is 20.8. The number of fused-ring (bicyclic) bond motifs is 1. The van der Waals surface area contributed by atoms with Gasteiger partial charge < -0.3 is 24.4 Å². The van der Waals surface area contributed by atoms with Crippen molar-refractivity contribution < 1.29 is 38.8 Å². The summed E-state index contributed by atoms with van der Waals surface area (Å²) in [5.41, 5.74) is 1.85. The third-order valence-corrected chi connectivity index (χ3v) is 6.86. The number of aromatic hydroxyl groups is 1. The number of hydrogen-bond donors (Lipinski definition) is 2. The molecule has 5 aromatic rings. The Kier molecular flexibility index (Phi) is 10.0. The molecule has 0 bridgehead atoms. The molecule has 0 unspecified atom stereocenters. The van der Waals surface area contributed by atoms with Crippen molar-refractivity contribution in [3.8, 4) is 23.0 Å². The van der Waals surface area contributed by atoms with Gasteiger partial charge in [-0.15, -0.1) is 0 Å². The highest BCUT2D eigenvalue weighted by molar-refractivity contribution is 7.22. The second-order valence-corrected chi connectivity index (χ2v) is 9.60. The molecule has 0 amide bonds. The smallest absolute Gasteiger partial charge is 0.343 e. The van der Waals surface area contributed by atoms with Gasteiger partial charge in [0.25, 0.3) is 6.47 Å². The first-order valence-corrected chi connectivity index (χ1v) is 13.4. The van der Waals surface area contributed by atoms with E-state index >= 15 is 0 Å². The number of rotatable bonds is 8. The summed E-state index contributed by atoms with van der Waals surface area (Å²) in [5.74, 6) is -0.112. The summed E-state index contributed by atoms with van der Waals surface area (Å²) in [6.07, 6.45) is 1.50. The number of phenolic OH excluding ortho intramolecular Hbond substituents is 1. The van der Waals surface area contributed by atoms with Crippen LogP contribution in [-0.2, 0) is 4.79 Å². The molecule has 0 aliphatic carbocycles. The minimum Gasteiger partial charge on any atom is -0.508 e. The molecule has 0 saturated carbocycles. The zero-order valence-corrected chi connectivity index (χ0v) is 23.7. The van der Waals surface area contributed by atoms with Crippen LogP contribution in [0.25, 0.3) is 10.2 Å². The van der Waals surface area contributed by atoms with Gasteiger partial charge in [0.1, 0.15) is 23.0 Å². The number of aromatic nitrogens is 1. The first kappa shape index (κ1) is 30.2. The lowest BCUT2D eigenvalue weighted by Gasteiger charge is -2.12. The van der Waals surface area contributed by atoms with Crippen LogP contribution in [-0.4, -0.2) is 54.0 Å². The van der Waals surface area contributed by atoms with Gasteiger partial charge >= 0.3 is 11.9 Å². The maximum absolute atomic E-state index is 12.9. The predicted octanol–water partition coefficient (Wildman–Crippen LogP) is 5.62. The van der Waals surface area contributed by atoms with E-state index in [-0.39, 0.29) is 29.3 Å². The number of carboxylic acid groups (broad SMARTS) is 1. The summed E-state index contributed by atoms with van der Waals surface area (Å²) in [6, 6.07) is 24.6. The minimum atomic E-state index is -0.613. The number of carbonyl (C=O) groups is 3. The van der Waals surface area contributed by atoms with Gasteiger partial charge in [0, 0.05) is 12.6 Å². The van der Waals surface area contributed by atoms with Crippen molar-refractivity contribution >= 4 is 51.3 Å². The number of hydrazone groups is 1. The summed E-state index contributed by atoms with van der Waals surface area (Å²) in [5, 5.41) is 23.1. The Balaban J connectivity index is 0.00000135. The van der Waals surface area contributed by atoms with Crippen LogP contribution >= 0.6 is 11.3 Å².